The molecule has 0 atom stereocenters. The average Bonchev–Trinajstić information content (AvgIpc) is 2.73. The predicted molar refractivity (Wildman–Crippen MR) is 106 cm³/mol. The summed E-state index contributed by atoms with van der Waals surface area (Å²) < 4.78 is 26.9. The maximum absolute atomic E-state index is 12.9. The fraction of sp³-hybridized carbons (Fsp3) is 0.381. The van der Waals surface area contributed by atoms with Gasteiger partial charge in [-0.25, -0.2) is 8.42 Å². The molecule has 28 heavy (non-hydrogen) atoms. The molecule has 0 radical (unpaired) electrons. The highest BCUT2D eigenvalue weighted by Gasteiger charge is 2.31. The zero-order valence-corrected chi connectivity index (χ0v) is 16.5. The molecule has 0 bridgehead atoms. The van der Waals surface area contributed by atoms with Gasteiger partial charge in [0.05, 0.1) is 10.5 Å². The molecule has 7 heteroatoms. The number of hydrogen-bond donors (Lipinski definition) is 1. The van der Waals surface area contributed by atoms with Crippen molar-refractivity contribution in [1.29, 1.82) is 0 Å². The van der Waals surface area contributed by atoms with E-state index in [9.17, 15) is 18.3 Å². The lowest BCUT2D eigenvalue weighted by molar-refractivity contribution is 0.0694. The van der Waals surface area contributed by atoms with Crippen LogP contribution in [0, 0.1) is 0 Å². The smallest absolute Gasteiger partial charge is 0.257 e. The number of sulfonamides is 1. The Morgan fingerprint density at radius 1 is 0.893 bits per heavy atom. The Balaban J connectivity index is 1.48. The van der Waals surface area contributed by atoms with Crippen molar-refractivity contribution in [3.8, 4) is 5.75 Å². The van der Waals surface area contributed by atoms with Crippen molar-refractivity contribution >= 4 is 15.9 Å². The van der Waals surface area contributed by atoms with Crippen LogP contribution >= 0.6 is 0 Å². The number of benzene rings is 2. The molecule has 1 heterocycles. The van der Waals surface area contributed by atoms with Crippen LogP contribution in [0.5, 0.6) is 5.75 Å². The van der Waals surface area contributed by atoms with Crippen molar-refractivity contribution in [2.45, 2.75) is 30.6 Å². The molecular weight excluding hydrogens is 376 g/mol. The monoisotopic (exact) mass is 400 g/mol. The van der Waals surface area contributed by atoms with Crippen molar-refractivity contribution in [1.82, 2.24) is 9.21 Å². The summed E-state index contributed by atoms with van der Waals surface area (Å²) in [4.78, 5) is 14.8. The highest BCUT2D eigenvalue weighted by atomic mass is 32.2. The van der Waals surface area contributed by atoms with Gasteiger partial charge in [-0.3, -0.25) is 4.79 Å². The molecule has 1 aliphatic heterocycles. The maximum atomic E-state index is 12.9. The summed E-state index contributed by atoms with van der Waals surface area (Å²) in [7, 11) is -3.55. The Morgan fingerprint density at radius 3 is 2.14 bits per heavy atom. The normalized spacial score (nSPS) is 17.9. The van der Waals surface area contributed by atoms with E-state index >= 15 is 0 Å². The van der Waals surface area contributed by atoms with Crippen molar-refractivity contribution in [2.75, 3.05) is 26.2 Å². The van der Waals surface area contributed by atoms with E-state index in [-0.39, 0.29) is 29.6 Å². The van der Waals surface area contributed by atoms with Gasteiger partial charge >= 0.3 is 0 Å². The molecule has 2 aromatic carbocycles. The molecule has 148 valence electrons. The first kappa shape index (κ1) is 19.0. The minimum Gasteiger partial charge on any atom is -0.507 e. The second kappa shape index (κ2) is 7.56. The fourth-order valence-electron chi connectivity index (χ4n) is 3.99. The van der Waals surface area contributed by atoms with Crippen LogP contribution in [-0.2, 0) is 22.9 Å². The van der Waals surface area contributed by atoms with E-state index in [2.05, 4.69) is 0 Å². The van der Waals surface area contributed by atoms with Crippen LogP contribution in [0.2, 0.25) is 0 Å². The van der Waals surface area contributed by atoms with Gasteiger partial charge in [-0.1, -0.05) is 18.2 Å². The molecule has 0 aromatic heterocycles. The maximum Gasteiger partial charge on any atom is 0.257 e. The molecule has 1 fully saturated rings. The number of phenols is 1. The van der Waals surface area contributed by atoms with Gasteiger partial charge in [-0.15, -0.1) is 0 Å². The molecule has 1 aliphatic carbocycles. The first-order valence-corrected chi connectivity index (χ1v) is 11.1. The van der Waals surface area contributed by atoms with Gasteiger partial charge in [0, 0.05) is 26.2 Å². The van der Waals surface area contributed by atoms with Crippen molar-refractivity contribution in [3.05, 3.63) is 59.2 Å². The van der Waals surface area contributed by atoms with E-state index in [1.807, 2.05) is 6.07 Å². The highest BCUT2D eigenvalue weighted by molar-refractivity contribution is 7.89. The molecule has 0 unspecified atom stereocenters. The van der Waals surface area contributed by atoms with Crippen LogP contribution in [0.25, 0.3) is 0 Å². The lowest BCUT2D eigenvalue weighted by atomic mass is 9.89. The third-order valence-electron chi connectivity index (χ3n) is 5.60. The van der Waals surface area contributed by atoms with E-state index in [1.54, 1.807) is 41.3 Å². The zero-order chi connectivity index (χ0) is 19.7. The van der Waals surface area contributed by atoms with Gasteiger partial charge in [0.25, 0.3) is 5.91 Å². The predicted octanol–water partition coefficient (Wildman–Crippen LogP) is 2.42. The largest absolute Gasteiger partial charge is 0.507 e. The third-order valence-corrected chi connectivity index (χ3v) is 7.51. The Bertz CT molecular complexity index is 981. The molecule has 1 amide bonds. The number of nitrogens with zero attached hydrogens (tertiary/aromatic N) is 2. The summed E-state index contributed by atoms with van der Waals surface area (Å²) in [6, 6.07) is 11.9. The number of carbonyl (C=O) groups is 1. The van der Waals surface area contributed by atoms with Gasteiger partial charge in [-0.2, -0.15) is 4.31 Å². The van der Waals surface area contributed by atoms with Crippen LogP contribution in [0.1, 0.15) is 34.3 Å². The molecule has 6 nitrogen and oxygen atoms in total. The Hall–Kier alpha value is -2.38. The first-order valence-electron chi connectivity index (χ1n) is 9.66. The molecule has 4 rings (SSSR count). The van der Waals surface area contributed by atoms with Gasteiger partial charge in [0.1, 0.15) is 5.75 Å². The van der Waals surface area contributed by atoms with Crippen LogP contribution in [-0.4, -0.2) is 54.8 Å². The standard InChI is InChI=1S/C21H24N2O4S/c24-20-15-17-7-5-4-6-16(17)14-19(20)21(25)22-10-12-23(13-11-22)28(26,27)18-8-2-1-3-9-18/h1-3,8-9,14-15,24H,4-7,10-13H2. The highest BCUT2D eigenvalue weighted by Crippen LogP contribution is 2.29. The van der Waals surface area contributed by atoms with E-state index in [1.165, 1.54) is 4.31 Å². The van der Waals surface area contributed by atoms with Gasteiger partial charge in [-0.05, 0) is 61.1 Å². The van der Waals surface area contributed by atoms with Crippen LogP contribution < -0.4 is 0 Å². The van der Waals surface area contributed by atoms with Crippen molar-refractivity contribution in [3.63, 3.8) is 0 Å². The molecule has 2 aliphatic rings. The van der Waals surface area contributed by atoms with Crippen molar-refractivity contribution < 1.29 is 18.3 Å². The summed E-state index contributed by atoms with van der Waals surface area (Å²) in [6.07, 6.45) is 4.07. The molecule has 2 aromatic rings. The van der Waals surface area contributed by atoms with Gasteiger partial charge in [0.2, 0.25) is 10.0 Å². The minimum absolute atomic E-state index is 0.0185. The van der Waals surface area contributed by atoms with E-state index in [0.29, 0.717) is 18.7 Å². The Morgan fingerprint density at radius 2 is 1.50 bits per heavy atom. The molecule has 0 saturated carbocycles. The fourth-order valence-corrected chi connectivity index (χ4v) is 5.43. The lowest BCUT2D eigenvalue weighted by Gasteiger charge is -2.34. The minimum atomic E-state index is -3.55. The van der Waals surface area contributed by atoms with Crippen LogP contribution in [0.15, 0.2) is 47.4 Å². The quantitative estimate of drug-likeness (QED) is 0.858. The van der Waals surface area contributed by atoms with Crippen LogP contribution in [0.4, 0.5) is 0 Å². The average molecular weight is 401 g/mol. The summed E-state index contributed by atoms with van der Waals surface area (Å²) in [5.41, 5.74) is 2.58. The van der Waals surface area contributed by atoms with Crippen LogP contribution in [0.3, 0.4) is 0 Å². The SMILES string of the molecule is O=C(c1cc2c(cc1O)CCCC2)N1CCN(S(=O)(=O)c2ccccc2)CC1. The van der Waals surface area contributed by atoms with E-state index < -0.39 is 10.0 Å². The number of aromatic hydroxyl groups is 1. The number of hydrogen-bond acceptors (Lipinski definition) is 4. The second-order valence-corrected chi connectivity index (χ2v) is 9.29. The third kappa shape index (κ3) is 3.52. The topological polar surface area (TPSA) is 77.9 Å². The molecule has 0 spiro atoms. The Labute approximate surface area is 165 Å². The molecular formula is C21H24N2O4S. The van der Waals surface area contributed by atoms with Gasteiger partial charge in [0.15, 0.2) is 0 Å². The number of carbonyl (C=O) groups excluding carboxylic acids is 1. The summed E-state index contributed by atoms with van der Waals surface area (Å²) in [5, 5.41) is 10.3. The van der Waals surface area contributed by atoms with Crippen molar-refractivity contribution in [2.24, 2.45) is 0 Å². The Kier molecular flexibility index (Phi) is 5.12. The number of aryl methyl sites for hydroxylation is 2. The number of piperazine rings is 1. The summed E-state index contributed by atoms with van der Waals surface area (Å²) in [5.74, 6) is -0.215. The number of amides is 1. The number of phenolic OH excluding ortho intramolecular Hbond substituents is 1. The summed E-state index contributed by atoms with van der Waals surface area (Å²) >= 11 is 0. The number of rotatable bonds is 3. The zero-order valence-electron chi connectivity index (χ0n) is 15.7. The van der Waals surface area contributed by atoms with E-state index in [4.69, 9.17) is 0 Å². The lowest BCUT2D eigenvalue weighted by Crippen LogP contribution is -2.50. The van der Waals surface area contributed by atoms with Gasteiger partial charge < -0.3 is 10.0 Å². The molecule has 1 saturated heterocycles. The van der Waals surface area contributed by atoms with E-state index in [0.717, 1.165) is 36.8 Å². The first-order chi connectivity index (χ1) is 13.5. The summed E-state index contributed by atoms with van der Waals surface area (Å²) in [6.45, 7) is 1.10. The second-order valence-electron chi connectivity index (χ2n) is 7.35. The number of fused-ring (bicyclic) bond motifs is 1. The molecule has 1 N–H and O–H groups in total.